The normalized spacial score (nSPS) is 13.7. The highest BCUT2D eigenvalue weighted by molar-refractivity contribution is 5.43. The maximum atomic E-state index is 13.9. The van der Waals surface area contributed by atoms with E-state index in [9.17, 15) is 9.50 Å². The average Bonchev–Trinajstić information content (AvgIpc) is 3.11. The molecule has 0 amide bonds. The molecule has 2 unspecified atom stereocenters. The topological polar surface area (TPSA) is 59.8 Å². The van der Waals surface area contributed by atoms with Gasteiger partial charge < -0.3 is 14.6 Å². The first-order valence-electron chi connectivity index (χ1n) is 12.2. The van der Waals surface area contributed by atoms with E-state index >= 15 is 0 Å². The molecule has 1 N–H and O–H groups in total. The molecule has 0 saturated carbocycles. The molecule has 7 heteroatoms. The van der Waals surface area contributed by atoms with Crippen LogP contribution in [0.2, 0.25) is 0 Å². The van der Waals surface area contributed by atoms with E-state index in [4.69, 9.17) is 14.6 Å². The van der Waals surface area contributed by atoms with Crippen LogP contribution in [0.4, 0.5) is 4.39 Å². The molecule has 0 fully saturated rings. The predicted molar refractivity (Wildman–Crippen MR) is 137 cm³/mol. The number of para-hydroxylation sites is 1. The minimum absolute atomic E-state index is 0.209. The Labute approximate surface area is 208 Å². The predicted octanol–water partition coefficient (Wildman–Crippen LogP) is 5.89. The Balaban J connectivity index is 1.95. The molecule has 1 aromatic heterocycles. The third-order valence-electron chi connectivity index (χ3n) is 5.88. The molecule has 2 aromatic carbocycles. The molecule has 3 rings (SSSR count). The summed E-state index contributed by atoms with van der Waals surface area (Å²) in [6.07, 6.45) is 0.277. The van der Waals surface area contributed by atoms with Crippen molar-refractivity contribution < 1.29 is 19.0 Å². The molecule has 6 nitrogen and oxygen atoms in total. The highest BCUT2D eigenvalue weighted by Gasteiger charge is 2.25. The molecular formula is C28H38FN3O3. The second kappa shape index (κ2) is 11.8. The van der Waals surface area contributed by atoms with Crippen LogP contribution in [0, 0.1) is 12.7 Å². The van der Waals surface area contributed by atoms with E-state index in [1.54, 1.807) is 16.8 Å². The second-order valence-corrected chi connectivity index (χ2v) is 9.94. The molecule has 0 radical (unpaired) electrons. The van der Waals surface area contributed by atoms with Crippen LogP contribution in [0.5, 0.6) is 11.6 Å². The van der Waals surface area contributed by atoms with Gasteiger partial charge in [-0.1, -0.05) is 31.2 Å². The lowest BCUT2D eigenvalue weighted by molar-refractivity contribution is -0.0593. The van der Waals surface area contributed by atoms with E-state index in [-0.39, 0.29) is 24.1 Å². The number of benzene rings is 2. The van der Waals surface area contributed by atoms with Crippen LogP contribution in [0.3, 0.4) is 0 Å². The first-order chi connectivity index (χ1) is 16.6. The van der Waals surface area contributed by atoms with Gasteiger partial charge in [0.15, 0.2) is 0 Å². The Hall–Kier alpha value is -2.74. The van der Waals surface area contributed by atoms with Crippen molar-refractivity contribution in [2.75, 3.05) is 13.2 Å². The number of hydrogen-bond acceptors (Lipinski definition) is 5. The van der Waals surface area contributed by atoms with Gasteiger partial charge in [0.05, 0.1) is 35.3 Å². The lowest BCUT2D eigenvalue weighted by Crippen LogP contribution is -2.41. The highest BCUT2D eigenvalue weighted by Crippen LogP contribution is 2.32. The van der Waals surface area contributed by atoms with Gasteiger partial charge in [0.2, 0.25) is 5.88 Å². The second-order valence-electron chi connectivity index (χ2n) is 9.94. The Morgan fingerprint density at radius 1 is 1.11 bits per heavy atom. The Morgan fingerprint density at radius 3 is 2.46 bits per heavy atom. The van der Waals surface area contributed by atoms with Crippen molar-refractivity contribution in [1.29, 1.82) is 0 Å². The zero-order valence-electron chi connectivity index (χ0n) is 21.7. The number of aromatic nitrogens is 2. The summed E-state index contributed by atoms with van der Waals surface area (Å²) >= 11 is 0. The molecule has 35 heavy (non-hydrogen) atoms. The van der Waals surface area contributed by atoms with Crippen molar-refractivity contribution >= 4 is 0 Å². The summed E-state index contributed by atoms with van der Waals surface area (Å²) in [5.74, 6) is 0.569. The molecule has 190 valence electrons. The fourth-order valence-electron chi connectivity index (χ4n) is 3.74. The Morgan fingerprint density at radius 2 is 1.83 bits per heavy atom. The standard InChI is InChI=1S/C28H38FN3O3/c1-7-20(2)31(17-24(33)19-34-28(4,5)6)18-26-21(3)30-32(23-13-9-8-10-14-23)27(26)35-25-15-11-12-22(29)16-25/h8-16,20,24,33H,7,17-19H2,1-6H3. The van der Waals surface area contributed by atoms with Crippen LogP contribution < -0.4 is 4.74 Å². The van der Waals surface area contributed by atoms with Crippen molar-refractivity contribution in [2.45, 2.75) is 72.3 Å². The highest BCUT2D eigenvalue weighted by atomic mass is 19.1. The number of hydrogen-bond donors (Lipinski definition) is 1. The quantitative estimate of drug-likeness (QED) is 0.369. The zero-order chi connectivity index (χ0) is 25.6. The molecule has 3 aromatic rings. The number of rotatable bonds is 11. The summed E-state index contributed by atoms with van der Waals surface area (Å²) in [5, 5.41) is 15.5. The van der Waals surface area contributed by atoms with Crippen molar-refractivity contribution in [3.63, 3.8) is 0 Å². The smallest absolute Gasteiger partial charge is 0.227 e. The SMILES string of the molecule is CCC(C)N(Cc1c(C)nn(-c2ccccc2)c1Oc1cccc(F)c1)CC(O)COC(C)(C)C. The van der Waals surface area contributed by atoms with Crippen LogP contribution in [0.1, 0.15) is 52.3 Å². The van der Waals surface area contributed by atoms with E-state index in [1.165, 1.54) is 12.1 Å². The minimum atomic E-state index is -0.639. The van der Waals surface area contributed by atoms with Gasteiger partial charge in [-0.2, -0.15) is 5.10 Å². The number of aliphatic hydroxyl groups is 1. The van der Waals surface area contributed by atoms with Gasteiger partial charge in [0, 0.05) is 25.2 Å². The first kappa shape index (κ1) is 26.9. The van der Waals surface area contributed by atoms with Gasteiger partial charge in [0.1, 0.15) is 11.6 Å². The first-order valence-corrected chi connectivity index (χ1v) is 12.2. The maximum absolute atomic E-state index is 13.9. The summed E-state index contributed by atoms with van der Waals surface area (Å²) in [7, 11) is 0. The van der Waals surface area contributed by atoms with E-state index < -0.39 is 6.10 Å². The third kappa shape index (κ3) is 7.62. The van der Waals surface area contributed by atoms with Crippen LogP contribution in [0.15, 0.2) is 54.6 Å². The average molecular weight is 484 g/mol. The van der Waals surface area contributed by atoms with Gasteiger partial charge in [-0.15, -0.1) is 0 Å². The molecule has 0 aliphatic rings. The fourth-order valence-corrected chi connectivity index (χ4v) is 3.74. The molecule has 0 bridgehead atoms. The number of nitrogens with zero attached hydrogens (tertiary/aromatic N) is 3. The van der Waals surface area contributed by atoms with E-state index in [2.05, 4.69) is 18.7 Å². The number of aliphatic hydroxyl groups excluding tert-OH is 1. The minimum Gasteiger partial charge on any atom is -0.438 e. The van der Waals surface area contributed by atoms with E-state index in [0.29, 0.717) is 24.7 Å². The molecule has 0 aliphatic carbocycles. The number of ether oxygens (including phenoxy) is 2. The largest absolute Gasteiger partial charge is 0.438 e. The monoisotopic (exact) mass is 483 g/mol. The molecule has 0 saturated heterocycles. The molecule has 0 spiro atoms. The van der Waals surface area contributed by atoms with Crippen LogP contribution in [-0.2, 0) is 11.3 Å². The molecular weight excluding hydrogens is 445 g/mol. The van der Waals surface area contributed by atoms with Gasteiger partial charge in [-0.05, 0) is 65.3 Å². The van der Waals surface area contributed by atoms with Gasteiger partial charge in [-0.3, -0.25) is 4.90 Å². The zero-order valence-corrected chi connectivity index (χ0v) is 21.7. The number of aryl methyl sites for hydroxylation is 1. The van der Waals surface area contributed by atoms with Gasteiger partial charge >= 0.3 is 0 Å². The van der Waals surface area contributed by atoms with Crippen LogP contribution in [0.25, 0.3) is 5.69 Å². The van der Waals surface area contributed by atoms with Crippen LogP contribution >= 0.6 is 0 Å². The van der Waals surface area contributed by atoms with Crippen molar-refractivity contribution in [1.82, 2.24) is 14.7 Å². The van der Waals surface area contributed by atoms with E-state index in [0.717, 1.165) is 23.4 Å². The summed E-state index contributed by atoms with van der Waals surface area (Å²) in [5.41, 5.74) is 2.24. The van der Waals surface area contributed by atoms with Gasteiger partial charge in [-0.25, -0.2) is 9.07 Å². The van der Waals surface area contributed by atoms with Crippen molar-refractivity contribution in [2.24, 2.45) is 0 Å². The van der Waals surface area contributed by atoms with Gasteiger partial charge in [0.25, 0.3) is 0 Å². The lowest BCUT2D eigenvalue weighted by Gasteiger charge is -2.31. The Bertz CT molecular complexity index is 1080. The molecule has 1 heterocycles. The summed E-state index contributed by atoms with van der Waals surface area (Å²) < 4.78 is 27.7. The maximum Gasteiger partial charge on any atom is 0.227 e. The fraction of sp³-hybridized carbons (Fsp3) is 0.464. The van der Waals surface area contributed by atoms with Crippen molar-refractivity contribution in [3.05, 3.63) is 71.7 Å². The van der Waals surface area contributed by atoms with Crippen molar-refractivity contribution in [3.8, 4) is 17.3 Å². The third-order valence-corrected chi connectivity index (χ3v) is 5.88. The number of halogens is 1. The lowest BCUT2D eigenvalue weighted by atomic mass is 10.1. The van der Waals surface area contributed by atoms with Crippen LogP contribution in [-0.4, -0.2) is 50.7 Å². The summed E-state index contributed by atoms with van der Waals surface area (Å²) in [4.78, 5) is 2.22. The summed E-state index contributed by atoms with van der Waals surface area (Å²) in [6, 6.07) is 16.0. The van der Waals surface area contributed by atoms with E-state index in [1.807, 2.05) is 58.0 Å². The Kier molecular flexibility index (Phi) is 9.05. The summed E-state index contributed by atoms with van der Waals surface area (Å²) in [6.45, 7) is 13.4. The molecule has 0 aliphatic heterocycles. The molecule has 2 atom stereocenters.